The highest BCUT2D eigenvalue weighted by Crippen LogP contribution is 2.22. The number of benzene rings is 1. The lowest BCUT2D eigenvalue weighted by Gasteiger charge is -2.08. The van der Waals surface area contributed by atoms with Gasteiger partial charge in [-0.2, -0.15) is 0 Å². The van der Waals surface area contributed by atoms with Gasteiger partial charge in [0.2, 0.25) is 0 Å². The number of urea groups is 1. The lowest BCUT2D eigenvalue weighted by atomic mass is 10.1. The summed E-state index contributed by atoms with van der Waals surface area (Å²) >= 11 is 3.38. The van der Waals surface area contributed by atoms with Gasteiger partial charge in [0.05, 0.1) is 7.11 Å². The molecular weight excluding hydrogens is 260 g/mol. The number of primary amides is 1. The van der Waals surface area contributed by atoms with Crippen molar-refractivity contribution in [1.29, 1.82) is 0 Å². The van der Waals surface area contributed by atoms with E-state index in [1.165, 1.54) is 0 Å². The maximum absolute atomic E-state index is 10.5. The van der Waals surface area contributed by atoms with Gasteiger partial charge in [0.15, 0.2) is 0 Å². The van der Waals surface area contributed by atoms with Crippen LogP contribution < -0.4 is 15.8 Å². The average molecular weight is 273 g/mol. The topological polar surface area (TPSA) is 64.3 Å². The van der Waals surface area contributed by atoms with Crippen molar-refractivity contribution in [3.05, 3.63) is 28.2 Å². The average Bonchev–Trinajstić information content (AvgIpc) is 2.17. The van der Waals surface area contributed by atoms with E-state index in [4.69, 9.17) is 10.5 Å². The molecule has 0 aliphatic heterocycles. The highest BCUT2D eigenvalue weighted by molar-refractivity contribution is 9.10. The van der Waals surface area contributed by atoms with Crippen LogP contribution in [0.1, 0.15) is 5.56 Å². The third-order valence-electron chi connectivity index (χ3n) is 1.94. The van der Waals surface area contributed by atoms with Crippen LogP contribution in [0.2, 0.25) is 0 Å². The number of methoxy groups -OCH3 is 1. The van der Waals surface area contributed by atoms with Crippen molar-refractivity contribution < 1.29 is 9.53 Å². The zero-order valence-electron chi connectivity index (χ0n) is 8.42. The molecule has 0 fully saturated rings. The maximum Gasteiger partial charge on any atom is 0.312 e. The van der Waals surface area contributed by atoms with Crippen molar-refractivity contribution in [2.24, 2.45) is 5.73 Å². The van der Waals surface area contributed by atoms with Gasteiger partial charge >= 0.3 is 6.03 Å². The third kappa shape index (κ3) is 3.79. The first kappa shape index (κ1) is 11.8. The van der Waals surface area contributed by atoms with E-state index in [-0.39, 0.29) is 0 Å². The molecular formula is C10H13BrN2O2. The standard InChI is InChI=1S/C10H13BrN2O2/c1-15-9-3-2-8(11)6-7(9)4-5-13-10(12)14/h2-3,6H,4-5H2,1H3,(H3,12,13,14). The molecule has 2 amide bonds. The van der Waals surface area contributed by atoms with Gasteiger partial charge in [-0.05, 0) is 30.2 Å². The predicted octanol–water partition coefficient (Wildman–Crippen LogP) is 1.67. The Kier molecular flexibility index (Phi) is 4.42. The third-order valence-corrected chi connectivity index (χ3v) is 2.43. The summed E-state index contributed by atoms with van der Waals surface area (Å²) in [6.45, 7) is 0.502. The van der Waals surface area contributed by atoms with E-state index in [9.17, 15) is 4.79 Å². The quantitative estimate of drug-likeness (QED) is 0.876. The molecule has 4 nitrogen and oxygen atoms in total. The van der Waals surface area contributed by atoms with Gasteiger partial charge < -0.3 is 15.8 Å². The fourth-order valence-electron chi connectivity index (χ4n) is 1.26. The molecule has 5 heteroatoms. The molecule has 1 rings (SSSR count). The maximum atomic E-state index is 10.5. The van der Waals surface area contributed by atoms with Crippen LogP contribution in [-0.2, 0) is 6.42 Å². The summed E-state index contributed by atoms with van der Waals surface area (Å²) < 4.78 is 6.18. The Morgan fingerprint density at radius 3 is 2.93 bits per heavy atom. The lowest BCUT2D eigenvalue weighted by Crippen LogP contribution is -2.31. The van der Waals surface area contributed by atoms with Crippen molar-refractivity contribution in [3.8, 4) is 5.75 Å². The van der Waals surface area contributed by atoms with E-state index in [2.05, 4.69) is 21.2 Å². The van der Waals surface area contributed by atoms with E-state index in [1.807, 2.05) is 18.2 Å². The van der Waals surface area contributed by atoms with Gasteiger partial charge in [-0.15, -0.1) is 0 Å². The summed E-state index contributed by atoms with van der Waals surface area (Å²) in [5, 5.41) is 2.53. The van der Waals surface area contributed by atoms with Gasteiger partial charge in [0, 0.05) is 11.0 Å². The fourth-order valence-corrected chi connectivity index (χ4v) is 1.67. The van der Waals surface area contributed by atoms with E-state index in [0.717, 1.165) is 15.8 Å². The first-order chi connectivity index (χ1) is 7.13. The predicted molar refractivity (Wildman–Crippen MR) is 62.0 cm³/mol. The molecule has 0 saturated heterocycles. The van der Waals surface area contributed by atoms with Crippen LogP contribution in [0.5, 0.6) is 5.75 Å². The molecule has 0 bridgehead atoms. The van der Waals surface area contributed by atoms with Crippen molar-refractivity contribution in [3.63, 3.8) is 0 Å². The second kappa shape index (κ2) is 5.60. The summed E-state index contributed by atoms with van der Waals surface area (Å²) in [6, 6.07) is 5.23. The molecule has 0 aromatic heterocycles. The molecule has 3 N–H and O–H groups in total. The minimum absolute atomic E-state index is 0.502. The SMILES string of the molecule is COc1ccc(Br)cc1CCNC(N)=O. The summed E-state index contributed by atoms with van der Waals surface area (Å²) in [6.07, 6.45) is 0.686. The molecule has 0 radical (unpaired) electrons. The summed E-state index contributed by atoms with van der Waals surface area (Å²) in [5.41, 5.74) is 5.99. The number of hydrogen-bond acceptors (Lipinski definition) is 2. The molecule has 82 valence electrons. The molecule has 0 spiro atoms. The molecule has 0 saturated carbocycles. The second-order valence-corrected chi connectivity index (χ2v) is 3.91. The van der Waals surface area contributed by atoms with Gasteiger partial charge in [-0.25, -0.2) is 4.79 Å². The van der Waals surface area contributed by atoms with Crippen molar-refractivity contribution in [1.82, 2.24) is 5.32 Å². The molecule has 0 heterocycles. The first-order valence-electron chi connectivity index (χ1n) is 4.49. The number of carbonyl (C=O) groups is 1. The number of ether oxygens (including phenoxy) is 1. The fraction of sp³-hybridized carbons (Fsp3) is 0.300. The number of nitrogens with two attached hydrogens (primary N) is 1. The Labute approximate surface area is 96.9 Å². The number of hydrogen-bond donors (Lipinski definition) is 2. The molecule has 1 aromatic rings. The minimum atomic E-state index is -0.510. The molecule has 0 unspecified atom stereocenters. The number of halogens is 1. The zero-order chi connectivity index (χ0) is 11.3. The molecule has 0 atom stereocenters. The van der Waals surface area contributed by atoms with Crippen LogP contribution in [0.15, 0.2) is 22.7 Å². The van der Waals surface area contributed by atoms with Crippen molar-refractivity contribution in [2.45, 2.75) is 6.42 Å². The number of rotatable bonds is 4. The number of amides is 2. The molecule has 15 heavy (non-hydrogen) atoms. The van der Waals surface area contributed by atoms with E-state index in [0.29, 0.717) is 13.0 Å². The van der Waals surface area contributed by atoms with Crippen LogP contribution in [0.3, 0.4) is 0 Å². The normalized spacial score (nSPS) is 9.73. The molecule has 0 aliphatic carbocycles. The minimum Gasteiger partial charge on any atom is -0.496 e. The highest BCUT2D eigenvalue weighted by Gasteiger charge is 2.03. The first-order valence-corrected chi connectivity index (χ1v) is 5.28. The largest absolute Gasteiger partial charge is 0.496 e. The monoisotopic (exact) mass is 272 g/mol. The van der Waals surface area contributed by atoms with Crippen LogP contribution >= 0.6 is 15.9 Å². The Balaban J connectivity index is 2.65. The number of carbonyl (C=O) groups excluding carboxylic acids is 1. The van der Waals surface area contributed by atoms with Gasteiger partial charge in [-0.1, -0.05) is 15.9 Å². The van der Waals surface area contributed by atoms with E-state index >= 15 is 0 Å². The van der Waals surface area contributed by atoms with Gasteiger partial charge in [0.25, 0.3) is 0 Å². The van der Waals surface area contributed by atoms with Crippen LogP contribution in [0.4, 0.5) is 4.79 Å². The highest BCUT2D eigenvalue weighted by atomic mass is 79.9. The van der Waals surface area contributed by atoms with Crippen LogP contribution in [-0.4, -0.2) is 19.7 Å². The van der Waals surface area contributed by atoms with Crippen molar-refractivity contribution >= 4 is 22.0 Å². The Morgan fingerprint density at radius 1 is 1.60 bits per heavy atom. The summed E-state index contributed by atoms with van der Waals surface area (Å²) in [4.78, 5) is 10.5. The Morgan fingerprint density at radius 2 is 2.33 bits per heavy atom. The number of nitrogens with one attached hydrogen (secondary N) is 1. The lowest BCUT2D eigenvalue weighted by molar-refractivity contribution is 0.249. The molecule has 1 aromatic carbocycles. The smallest absolute Gasteiger partial charge is 0.312 e. The zero-order valence-corrected chi connectivity index (χ0v) is 10.0. The van der Waals surface area contributed by atoms with Crippen LogP contribution in [0, 0.1) is 0 Å². The van der Waals surface area contributed by atoms with Gasteiger partial charge in [0.1, 0.15) is 5.75 Å². The summed E-state index contributed by atoms with van der Waals surface area (Å²) in [5.74, 6) is 0.810. The van der Waals surface area contributed by atoms with Crippen molar-refractivity contribution in [2.75, 3.05) is 13.7 Å². The Bertz CT molecular complexity index is 355. The Hall–Kier alpha value is -1.23. The van der Waals surface area contributed by atoms with E-state index in [1.54, 1.807) is 7.11 Å². The summed E-state index contributed by atoms with van der Waals surface area (Å²) in [7, 11) is 1.62. The van der Waals surface area contributed by atoms with Gasteiger partial charge in [-0.3, -0.25) is 0 Å². The van der Waals surface area contributed by atoms with Crippen LogP contribution in [0.25, 0.3) is 0 Å². The second-order valence-electron chi connectivity index (χ2n) is 3.00. The molecule has 0 aliphatic rings. The van der Waals surface area contributed by atoms with E-state index < -0.39 is 6.03 Å².